The standard InChI is InChI=1S/C15H16N4O2S/c1-9-6-10(13(20)16-2)4-5-12(9)19-14(21)11-7-17-15(22-3)18-8-11/h4-8H,1-3H3,(H,16,20)(H,19,21). The molecule has 1 heterocycles. The van der Waals surface area contributed by atoms with Crippen LogP contribution in [0, 0.1) is 6.92 Å². The zero-order valence-electron chi connectivity index (χ0n) is 12.5. The number of rotatable bonds is 4. The molecule has 0 saturated carbocycles. The topological polar surface area (TPSA) is 84.0 Å². The van der Waals surface area contributed by atoms with Crippen LogP contribution < -0.4 is 10.6 Å². The summed E-state index contributed by atoms with van der Waals surface area (Å²) in [7, 11) is 1.58. The molecule has 2 rings (SSSR count). The molecule has 22 heavy (non-hydrogen) atoms. The van der Waals surface area contributed by atoms with Gasteiger partial charge in [-0.15, -0.1) is 0 Å². The Morgan fingerprint density at radius 2 is 1.77 bits per heavy atom. The van der Waals surface area contributed by atoms with E-state index in [1.807, 2.05) is 13.2 Å². The maximum Gasteiger partial charge on any atom is 0.258 e. The molecule has 0 spiro atoms. The lowest BCUT2D eigenvalue weighted by atomic mass is 10.1. The van der Waals surface area contributed by atoms with Crippen molar-refractivity contribution in [3.8, 4) is 0 Å². The van der Waals surface area contributed by atoms with Gasteiger partial charge in [0.15, 0.2) is 5.16 Å². The maximum atomic E-state index is 12.2. The fourth-order valence-electron chi connectivity index (χ4n) is 1.82. The lowest BCUT2D eigenvalue weighted by Gasteiger charge is -2.10. The van der Waals surface area contributed by atoms with Crippen LogP contribution in [-0.2, 0) is 0 Å². The van der Waals surface area contributed by atoms with Crippen molar-refractivity contribution in [2.45, 2.75) is 12.1 Å². The molecule has 0 aliphatic rings. The Labute approximate surface area is 132 Å². The Morgan fingerprint density at radius 3 is 2.32 bits per heavy atom. The monoisotopic (exact) mass is 316 g/mol. The van der Waals surface area contributed by atoms with Crippen LogP contribution in [0.1, 0.15) is 26.3 Å². The van der Waals surface area contributed by atoms with Crippen molar-refractivity contribution in [1.82, 2.24) is 15.3 Å². The molecule has 2 aromatic rings. The van der Waals surface area contributed by atoms with Crippen LogP contribution in [0.4, 0.5) is 5.69 Å². The summed E-state index contributed by atoms with van der Waals surface area (Å²) in [5.41, 5.74) is 2.38. The third-order valence-corrected chi connectivity index (χ3v) is 3.61. The number of nitrogens with zero attached hydrogens (tertiary/aromatic N) is 2. The van der Waals surface area contributed by atoms with E-state index in [0.29, 0.717) is 22.0 Å². The molecular weight excluding hydrogens is 300 g/mol. The Morgan fingerprint density at radius 1 is 1.09 bits per heavy atom. The van der Waals surface area contributed by atoms with Crippen molar-refractivity contribution < 1.29 is 9.59 Å². The first-order chi connectivity index (χ1) is 10.5. The van der Waals surface area contributed by atoms with E-state index in [1.54, 1.807) is 25.2 Å². The predicted molar refractivity (Wildman–Crippen MR) is 86.3 cm³/mol. The quantitative estimate of drug-likeness (QED) is 0.667. The number of benzene rings is 1. The Balaban J connectivity index is 2.15. The van der Waals surface area contributed by atoms with E-state index in [2.05, 4.69) is 20.6 Å². The van der Waals surface area contributed by atoms with Gasteiger partial charge in [-0.05, 0) is 36.9 Å². The summed E-state index contributed by atoms with van der Waals surface area (Å²) in [6, 6.07) is 5.09. The average molecular weight is 316 g/mol. The number of amides is 2. The zero-order valence-corrected chi connectivity index (χ0v) is 13.3. The van der Waals surface area contributed by atoms with E-state index in [4.69, 9.17) is 0 Å². The number of aryl methyl sites for hydroxylation is 1. The highest BCUT2D eigenvalue weighted by Gasteiger charge is 2.11. The summed E-state index contributed by atoms with van der Waals surface area (Å²) in [4.78, 5) is 31.9. The van der Waals surface area contributed by atoms with Gasteiger partial charge in [-0.25, -0.2) is 9.97 Å². The van der Waals surface area contributed by atoms with Crippen LogP contribution >= 0.6 is 11.8 Å². The van der Waals surface area contributed by atoms with Crippen molar-refractivity contribution in [1.29, 1.82) is 0 Å². The molecule has 114 valence electrons. The van der Waals surface area contributed by atoms with Crippen molar-refractivity contribution in [2.75, 3.05) is 18.6 Å². The van der Waals surface area contributed by atoms with E-state index in [1.165, 1.54) is 24.2 Å². The SMILES string of the molecule is CNC(=O)c1ccc(NC(=O)c2cnc(SC)nc2)c(C)c1. The van der Waals surface area contributed by atoms with Gasteiger partial charge in [-0.1, -0.05) is 11.8 Å². The van der Waals surface area contributed by atoms with E-state index < -0.39 is 0 Å². The molecule has 0 unspecified atom stereocenters. The van der Waals surface area contributed by atoms with Gasteiger partial charge in [0.1, 0.15) is 0 Å². The van der Waals surface area contributed by atoms with Gasteiger partial charge in [0.25, 0.3) is 11.8 Å². The van der Waals surface area contributed by atoms with E-state index in [-0.39, 0.29) is 11.8 Å². The van der Waals surface area contributed by atoms with Crippen LogP contribution in [0.25, 0.3) is 0 Å². The number of carbonyl (C=O) groups excluding carboxylic acids is 2. The van der Waals surface area contributed by atoms with Crippen molar-refractivity contribution >= 4 is 29.3 Å². The predicted octanol–water partition coefficient (Wildman–Crippen LogP) is 2.12. The van der Waals surface area contributed by atoms with Crippen molar-refractivity contribution in [3.05, 3.63) is 47.3 Å². The number of nitrogens with one attached hydrogen (secondary N) is 2. The first-order valence-corrected chi connectivity index (χ1v) is 7.77. The van der Waals surface area contributed by atoms with Gasteiger partial charge in [0.2, 0.25) is 0 Å². The number of anilines is 1. The Bertz CT molecular complexity index is 701. The zero-order chi connectivity index (χ0) is 16.1. The van der Waals surface area contributed by atoms with Gasteiger partial charge in [-0.2, -0.15) is 0 Å². The van der Waals surface area contributed by atoms with Crippen LogP contribution in [0.3, 0.4) is 0 Å². The highest BCUT2D eigenvalue weighted by Crippen LogP contribution is 2.17. The molecule has 1 aromatic heterocycles. The summed E-state index contributed by atoms with van der Waals surface area (Å²) >= 11 is 1.41. The molecule has 1 aromatic carbocycles. The molecule has 0 fully saturated rings. The smallest absolute Gasteiger partial charge is 0.258 e. The summed E-state index contributed by atoms with van der Waals surface area (Å²) in [5.74, 6) is -0.453. The number of hydrogen-bond donors (Lipinski definition) is 2. The number of hydrogen-bond acceptors (Lipinski definition) is 5. The minimum atomic E-state index is -0.288. The lowest BCUT2D eigenvalue weighted by molar-refractivity contribution is 0.0962. The first kappa shape index (κ1) is 16.0. The minimum Gasteiger partial charge on any atom is -0.355 e. The minimum absolute atomic E-state index is 0.165. The third kappa shape index (κ3) is 3.62. The van der Waals surface area contributed by atoms with Crippen LogP contribution in [0.2, 0.25) is 0 Å². The Kier molecular flexibility index (Phi) is 5.11. The third-order valence-electron chi connectivity index (χ3n) is 3.04. The second-order valence-electron chi connectivity index (χ2n) is 4.52. The number of thioether (sulfide) groups is 1. The van der Waals surface area contributed by atoms with Gasteiger partial charge < -0.3 is 10.6 Å². The Hall–Kier alpha value is -2.41. The van der Waals surface area contributed by atoms with Gasteiger partial charge in [0, 0.05) is 30.7 Å². The molecule has 0 aliphatic heterocycles. The summed E-state index contributed by atoms with van der Waals surface area (Å²) < 4.78 is 0. The molecule has 7 heteroatoms. The molecule has 0 aliphatic carbocycles. The number of aromatic nitrogens is 2. The molecule has 2 amide bonds. The van der Waals surface area contributed by atoms with Crippen LogP contribution in [0.15, 0.2) is 35.7 Å². The van der Waals surface area contributed by atoms with Crippen LogP contribution in [0.5, 0.6) is 0 Å². The molecule has 6 nitrogen and oxygen atoms in total. The fourth-order valence-corrected chi connectivity index (χ4v) is 2.14. The van der Waals surface area contributed by atoms with Gasteiger partial charge in [0.05, 0.1) is 5.56 Å². The fraction of sp³-hybridized carbons (Fsp3) is 0.200. The highest BCUT2D eigenvalue weighted by atomic mass is 32.2. The van der Waals surface area contributed by atoms with Crippen molar-refractivity contribution in [3.63, 3.8) is 0 Å². The first-order valence-electron chi connectivity index (χ1n) is 6.55. The molecule has 0 bridgehead atoms. The van der Waals surface area contributed by atoms with Crippen LogP contribution in [-0.4, -0.2) is 35.1 Å². The summed E-state index contributed by atoms with van der Waals surface area (Å²) in [6.07, 6.45) is 4.84. The van der Waals surface area contributed by atoms with Gasteiger partial charge in [-0.3, -0.25) is 9.59 Å². The average Bonchev–Trinajstić information content (AvgIpc) is 2.55. The normalized spacial score (nSPS) is 10.1. The second kappa shape index (κ2) is 7.04. The largest absolute Gasteiger partial charge is 0.355 e. The highest BCUT2D eigenvalue weighted by molar-refractivity contribution is 7.98. The van der Waals surface area contributed by atoms with E-state index in [9.17, 15) is 9.59 Å². The molecule has 0 saturated heterocycles. The molecule has 0 atom stereocenters. The molecular formula is C15H16N4O2S. The van der Waals surface area contributed by atoms with Gasteiger partial charge >= 0.3 is 0 Å². The van der Waals surface area contributed by atoms with E-state index >= 15 is 0 Å². The van der Waals surface area contributed by atoms with E-state index in [0.717, 1.165) is 5.56 Å². The molecule has 2 N–H and O–H groups in total. The lowest BCUT2D eigenvalue weighted by Crippen LogP contribution is -2.18. The maximum absolute atomic E-state index is 12.2. The van der Waals surface area contributed by atoms with Crippen molar-refractivity contribution in [2.24, 2.45) is 0 Å². The summed E-state index contributed by atoms with van der Waals surface area (Å²) in [5, 5.41) is 5.96. The molecule has 0 radical (unpaired) electrons. The number of carbonyl (C=O) groups is 2. The summed E-state index contributed by atoms with van der Waals surface area (Å²) in [6.45, 7) is 1.83. The second-order valence-corrected chi connectivity index (χ2v) is 5.29.